The number of nitrogens with zero attached hydrogens (tertiary/aromatic N) is 1. The third-order valence-corrected chi connectivity index (χ3v) is 3.30. The highest BCUT2D eigenvalue weighted by Crippen LogP contribution is 2.25. The van der Waals surface area contributed by atoms with Crippen LogP contribution in [0.2, 0.25) is 10.0 Å². The van der Waals surface area contributed by atoms with Gasteiger partial charge in [-0.1, -0.05) is 30.1 Å². The molecule has 2 amide bonds. The lowest BCUT2D eigenvalue weighted by atomic mass is 10.3. The molecule has 0 aliphatic carbocycles. The first-order valence-electron chi connectivity index (χ1n) is 6.44. The Kier molecular flexibility index (Phi) is 6.82. The summed E-state index contributed by atoms with van der Waals surface area (Å²) in [6, 6.07) is 4.87. The van der Waals surface area contributed by atoms with Crippen molar-refractivity contribution in [3.05, 3.63) is 28.2 Å². The lowest BCUT2D eigenvalue weighted by Gasteiger charge is -2.19. The van der Waals surface area contributed by atoms with Crippen molar-refractivity contribution in [1.29, 1.82) is 0 Å². The first kappa shape index (κ1) is 16.8. The molecule has 0 heterocycles. The first-order chi connectivity index (χ1) is 9.43. The molecule has 1 rings (SSSR count). The molecule has 0 aliphatic heterocycles. The van der Waals surface area contributed by atoms with Crippen LogP contribution < -0.4 is 5.32 Å². The van der Waals surface area contributed by atoms with Crippen LogP contribution in [-0.2, 0) is 9.59 Å². The predicted molar refractivity (Wildman–Crippen MR) is 82.3 cm³/mol. The Morgan fingerprint density at radius 3 is 2.50 bits per heavy atom. The van der Waals surface area contributed by atoms with E-state index in [2.05, 4.69) is 5.32 Å². The Morgan fingerprint density at radius 1 is 1.25 bits per heavy atom. The second-order valence-corrected chi connectivity index (χ2v) is 5.27. The fraction of sp³-hybridized carbons (Fsp3) is 0.429. The molecule has 0 bridgehead atoms. The molecule has 0 saturated heterocycles. The summed E-state index contributed by atoms with van der Waals surface area (Å²) in [5.74, 6) is -0.208. The maximum atomic E-state index is 11.8. The fourth-order valence-corrected chi connectivity index (χ4v) is 2.19. The molecule has 0 aliphatic rings. The van der Waals surface area contributed by atoms with Crippen molar-refractivity contribution in [1.82, 2.24) is 4.90 Å². The molecule has 4 nitrogen and oxygen atoms in total. The van der Waals surface area contributed by atoms with Gasteiger partial charge in [0.2, 0.25) is 11.8 Å². The molecule has 0 aromatic heterocycles. The van der Waals surface area contributed by atoms with Gasteiger partial charge in [-0.25, -0.2) is 0 Å². The Balaban J connectivity index is 2.53. The van der Waals surface area contributed by atoms with Crippen LogP contribution in [0, 0.1) is 0 Å². The summed E-state index contributed by atoms with van der Waals surface area (Å²) in [5, 5.41) is 3.61. The minimum absolute atomic E-state index is 0.0239. The van der Waals surface area contributed by atoms with E-state index in [0.29, 0.717) is 28.8 Å². The van der Waals surface area contributed by atoms with Gasteiger partial charge in [0.15, 0.2) is 0 Å². The number of anilines is 1. The Labute approximate surface area is 129 Å². The molecule has 0 spiro atoms. The van der Waals surface area contributed by atoms with Crippen molar-refractivity contribution in [3.8, 4) is 0 Å². The van der Waals surface area contributed by atoms with E-state index in [1.807, 2.05) is 6.92 Å². The van der Waals surface area contributed by atoms with Gasteiger partial charge in [0, 0.05) is 31.5 Å². The molecule has 0 fully saturated rings. The smallest absolute Gasteiger partial charge is 0.226 e. The van der Waals surface area contributed by atoms with E-state index in [4.69, 9.17) is 23.2 Å². The minimum Gasteiger partial charge on any atom is -0.342 e. The number of nitrogens with one attached hydrogen (secondary N) is 1. The van der Waals surface area contributed by atoms with E-state index < -0.39 is 0 Å². The van der Waals surface area contributed by atoms with Crippen molar-refractivity contribution < 1.29 is 9.59 Å². The van der Waals surface area contributed by atoms with Crippen LogP contribution in [-0.4, -0.2) is 29.8 Å². The maximum absolute atomic E-state index is 11.8. The number of carbonyl (C=O) groups is 2. The minimum atomic E-state index is -0.184. The summed E-state index contributed by atoms with van der Waals surface area (Å²) < 4.78 is 0. The first-order valence-corrected chi connectivity index (χ1v) is 7.20. The summed E-state index contributed by atoms with van der Waals surface area (Å²) >= 11 is 11.8. The van der Waals surface area contributed by atoms with Crippen molar-refractivity contribution in [3.63, 3.8) is 0 Å². The normalized spacial score (nSPS) is 10.2. The van der Waals surface area contributed by atoms with Crippen LogP contribution in [0.25, 0.3) is 0 Å². The highest BCUT2D eigenvalue weighted by Gasteiger charge is 2.11. The summed E-state index contributed by atoms with van der Waals surface area (Å²) in [6.07, 6.45) is 1.10. The Bertz CT molecular complexity index is 492. The van der Waals surface area contributed by atoms with Crippen LogP contribution in [0.4, 0.5) is 5.69 Å². The van der Waals surface area contributed by atoms with E-state index in [9.17, 15) is 9.59 Å². The summed E-state index contributed by atoms with van der Waals surface area (Å²) in [4.78, 5) is 24.9. The molecule has 1 aromatic rings. The molecule has 20 heavy (non-hydrogen) atoms. The van der Waals surface area contributed by atoms with Crippen LogP contribution in [0.1, 0.15) is 26.7 Å². The number of carbonyl (C=O) groups excluding carboxylic acids is 2. The summed E-state index contributed by atoms with van der Waals surface area (Å²) in [7, 11) is 0. The van der Waals surface area contributed by atoms with E-state index in [1.165, 1.54) is 6.92 Å². The number of hydrogen-bond acceptors (Lipinski definition) is 2. The average Bonchev–Trinajstić information content (AvgIpc) is 2.37. The molecule has 0 radical (unpaired) electrons. The zero-order valence-electron chi connectivity index (χ0n) is 11.6. The third-order valence-electron chi connectivity index (χ3n) is 2.75. The maximum Gasteiger partial charge on any atom is 0.226 e. The molecular formula is C14H18Cl2N2O2. The van der Waals surface area contributed by atoms with Gasteiger partial charge in [0.1, 0.15) is 0 Å². The van der Waals surface area contributed by atoms with Crippen LogP contribution in [0.3, 0.4) is 0 Å². The van der Waals surface area contributed by atoms with Crippen LogP contribution in [0.15, 0.2) is 18.2 Å². The lowest BCUT2D eigenvalue weighted by Crippen LogP contribution is -2.32. The highest BCUT2D eigenvalue weighted by atomic mass is 35.5. The van der Waals surface area contributed by atoms with Gasteiger partial charge in [-0.05, 0) is 24.6 Å². The largest absolute Gasteiger partial charge is 0.342 e. The van der Waals surface area contributed by atoms with Crippen molar-refractivity contribution in [2.45, 2.75) is 26.7 Å². The average molecular weight is 317 g/mol. The van der Waals surface area contributed by atoms with Gasteiger partial charge in [0.05, 0.1) is 10.7 Å². The zero-order valence-corrected chi connectivity index (χ0v) is 13.1. The lowest BCUT2D eigenvalue weighted by molar-refractivity contribution is -0.129. The third kappa shape index (κ3) is 5.39. The van der Waals surface area contributed by atoms with Gasteiger partial charge in [0.25, 0.3) is 0 Å². The number of benzene rings is 1. The quantitative estimate of drug-likeness (QED) is 0.872. The van der Waals surface area contributed by atoms with E-state index in [1.54, 1.807) is 23.1 Å². The molecular weight excluding hydrogens is 299 g/mol. The molecule has 1 aromatic carbocycles. The predicted octanol–water partition coefficient (Wildman–Crippen LogP) is 3.58. The van der Waals surface area contributed by atoms with E-state index in [-0.39, 0.29) is 18.2 Å². The number of rotatable bonds is 6. The van der Waals surface area contributed by atoms with Gasteiger partial charge >= 0.3 is 0 Å². The Hall–Kier alpha value is -1.26. The number of halogens is 2. The number of hydrogen-bond donors (Lipinski definition) is 1. The standard InChI is InChI=1S/C14H18Cl2N2O2/c1-3-7-18(10(2)19)8-6-14(20)17-13-5-4-11(15)9-12(13)16/h4-5,9H,3,6-8H2,1-2H3,(H,17,20). The van der Waals surface area contributed by atoms with Gasteiger partial charge in [-0.2, -0.15) is 0 Å². The summed E-state index contributed by atoms with van der Waals surface area (Å²) in [6.45, 7) is 4.55. The molecule has 0 saturated carbocycles. The monoisotopic (exact) mass is 316 g/mol. The topological polar surface area (TPSA) is 49.4 Å². The van der Waals surface area contributed by atoms with E-state index >= 15 is 0 Å². The molecule has 0 unspecified atom stereocenters. The van der Waals surface area contributed by atoms with Crippen LogP contribution in [0.5, 0.6) is 0 Å². The zero-order chi connectivity index (χ0) is 15.1. The van der Waals surface area contributed by atoms with Gasteiger partial charge < -0.3 is 10.2 Å². The van der Waals surface area contributed by atoms with Gasteiger partial charge in [-0.15, -0.1) is 0 Å². The number of amides is 2. The van der Waals surface area contributed by atoms with Crippen molar-refractivity contribution in [2.24, 2.45) is 0 Å². The van der Waals surface area contributed by atoms with Crippen LogP contribution >= 0.6 is 23.2 Å². The second kappa shape index (κ2) is 8.12. The Morgan fingerprint density at radius 2 is 1.95 bits per heavy atom. The fourth-order valence-electron chi connectivity index (χ4n) is 1.74. The molecule has 0 atom stereocenters. The van der Waals surface area contributed by atoms with E-state index in [0.717, 1.165) is 6.42 Å². The molecule has 6 heteroatoms. The molecule has 1 N–H and O–H groups in total. The SMILES string of the molecule is CCCN(CCC(=O)Nc1ccc(Cl)cc1Cl)C(C)=O. The van der Waals surface area contributed by atoms with Crippen molar-refractivity contribution in [2.75, 3.05) is 18.4 Å². The highest BCUT2D eigenvalue weighted by molar-refractivity contribution is 6.36. The molecule has 110 valence electrons. The second-order valence-electron chi connectivity index (χ2n) is 4.43. The van der Waals surface area contributed by atoms with Gasteiger partial charge in [-0.3, -0.25) is 9.59 Å². The van der Waals surface area contributed by atoms with Crippen molar-refractivity contribution >= 4 is 40.7 Å². The summed E-state index contributed by atoms with van der Waals surface area (Å²) in [5.41, 5.74) is 0.519.